The van der Waals surface area contributed by atoms with Crippen molar-refractivity contribution < 1.29 is 4.79 Å². The van der Waals surface area contributed by atoms with Crippen LogP contribution in [-0.4, -0.2) is 26.1 Å². The number of fused-ring (bicyclic) bond motifs is 2. The fourth-order valence-electron chi connectivity index (χ4n) is 2.82. The second kappa shape index (κ2) is 6.57. The summed E-state index contributed by atoms with van der Waals surface area (Å²) < 4.78 is 0. The smallest absolute Gasteiger partial charge is 0.239 e. The van der Waals surface area contributed by atoms with Gasteiger partial charge in [0.05, 0.1) is 22.0 Å². The van der Waals surface area contributed by atoms with E-state index < -0.39 is 0 Å². The van der Waals surface area contributed by atoms with Crippen LogP contribution in [0.5, 0.6) is 0 Å². The number of hydrogen-bond acceptors (Lipinski definition) is 5. The summed E-state index contributed by atoms with van der Waals surface area (Å²) in [6, 6.07) is 7.87. The number of H-pyrrole nitrogens is 1. The van der Waals surface area contributed by atoms with Gasteiger partial charge in [-0.15, -0.1) is 11.3 Å². The maximum Gasteiger partial charge on any atom is 0.239 e. The van der Waals surface area contributed by atoms with Gasteiger partial charge in [-0.05, 0) is 44.7 Å². The summed E-state index contributed by atoms with van der Waals surface area (Å²) in [6.07, 6.45) is 4.54. The molecule has 0 aliphatic heterocycles. The van der Waals surface area contributed by atoms with Gasteiger partial charge in [-0.25, -0.2) is 9.97 Å². The molecule has 1 aliphatic rings. The fourth-order valence-corrected chi connectivity index (χ4v) is 4.69. The van der Waals surface area contributed by atoms with Gasteiger partial charge in [0.2, 0.25) is 5.91 Å². The Morgan fingerprint density at radius 3 is 2.96 bits per heavy atom. The molecular weight excluding hydrogens is 340 g/mol. The molecule has 0 unspecified atom stereocenters. The van der Waals surface area contributed by atoms with Crippen LogP contribution < -0.4 is 5.32 Å². The molecule has 24 heavy (non-hydrogen) atoms. The van der Waals surface area contributed by atoms with Crippen molar-refractivity contribution in [2.75, 3.05) is 5.32 Å². The van der Waals surface area contributed by atoms with Crippen LogP contribution in [0.3, 0.4) is 0 Å². The van der Waals surface area contributed by atoms with E-state index in [1.807, 2.05) is 31.2 Å². The van der Waals surface area contributed by atoms with Crippen LogP contribution in [0.4, 0.5) is 5.13 Å². The van der Waals surface area contributed by atoms with E-state index in [-0.39, 0.29) is 11.2 Å². The molecule has 1 amide bonds. The molecule has 0 fully saturated rings. The van der Waals surface area contributed by atoms with Crippen LogP contribution in [0.2, 0.25) is 0 Å². The first-order valence-corrected chi connectivity index (χ1v) is 9.79. The number of para-hydroxylation sites is 2. The quantitative estimate of drug-likeness (QED) is 0.691. The number of anilines is 1. The maximum absolute atomic E-state index is 12.4. The van der Waals surface area contributed by atoms with Crippen molar-refractivity contribution in [3.05, 3.63) is 34.8 Å². The average molecular weight is 358 g/mol. The lowest BCUT2D eigenvalue weighted by molar-refractivity contribution is -0.115. The van der Waals surface area contributed by atoms with Crippen LogP contribution in [-0.2, 0) is 17.6 Å². The van der Waals surface area contributed by atoms with E-state index in [2.05, 4.69) is 20.3 Å². The van der Waals surface area contributed by atoms with Gasteiger partial charge in [-0.2, -0.15) is 0 Å². The highest BCUT2D eigenvalue weighted by Gasteiger charge is 2.20. The first-order chi connectivity index (χ1) is 11.7. The lowest BCUT2D eigenvalue weighted by Gasteiger charge is -2.08. The summed E-state index contributed by atoms with van der Waals surface area (Å²) in [5.41, 5.74) is 3.07. The largest absolute Gasteiger partial charge is 0.333 e. The average Bonchev–Trinajstić information content (AvgIpc) is 3.16. The summed E-state index contributed by atoms with van der Waals surface area (Å²) >= 11 is 3.05. The molecule has 2 N–H and O–H groups in total. The van der Waals surface area contributed by atoms with Gasteiger partial charge in [0.25, 0.3) is 0 Å². The molecule has 0 spiro atoms. The lowest BCUT2D eigenvalue weighted by atomic mass is 10.0. The number of nitrogens with one attached hydrogen (secondary N) is 2. The van der Waals surface area contributed by atoms with Crippen LogP contribution in [0, 0.1) is 0 Å². The molecule has 3 aromatic rings. The highest BCUT2D eigenvalue weighted by atomic mass is 32.2. The number of aromatic amines is 1. The zero-order valence-electron chi connectivity index (χ0n) is 13.3. The number of thiazole rings is 1. The van der Waals surface area contributed by atoms with Crippen molar-refractivity contribution in [3.8, 4) is 0 Å². The van der Waals surface area contributed by atoms with Gasteiger partial charge in [0, 0.05) is 4.88 Å². The Balaban J connectivity index is 1.42. The number of aromatic nitrogens is 3. The molecular formula is C17H18N4OS2. The van der Waals surface area contributed by atoms with E-state index >= 15 is 0 Å². The molecule has 4 rings (SSSR count). The first kappa shape index (κ1) is 15.7. The van der Waals surface area contributed by atoms with E-state index in [0.29, 0.717) is 0 Å². The van der Waals surface area contributed by atoms with Crippen molar-refractivity contribution in [1.29, 1.82) is 0 Å². The van der Waals surface area contributed by atoms with Crippen molar-refractivity contribution in [1.82, 2.24) is 15.0 Å². The third kappa shape index (κ3) is 3.18. The normalized spacial score (nSPS) is 15.2. The highest BCUT2D eigenvalue weighted by molar-refractivity contribution is 8.00. The molecule has 0 saturated carbocycles. The van der Waals surface area contributed by atoms with Gasteiger partial charge in [-0.3, -0.25) is 4.79 Å². The Kier molecular flexibility index (Phi) is 4.28. The zero-order valence-corrected chi connectivity index (χ0v) is 15.0. The molecule has 1 aromatic carbocycles. The van der Waals surface area contributed by atoms with Gasteiger partial charge < -0.3 is 10.3 Å². The van der Waals surface area contributed by atoms with Crippen LogP contribution in [0.15, 0.2) is 29.4 Å². The van der Waals surface area contributed by atoms with Crippen molar-refractivity contribution in [2.45, 2.75) is 43.0 Å². The highest BCUT2D eigenvalue weighted by Crippen LogP contribution is 2.30. The summed E-state index contributed by atoms with van der Waals surface area (Å²) in [5.74, 6) is -0.0356. The van der Waals surface area contributed by atoms with Gasteiger partial charge >= 0.3 is 0 Å². The molecule has 7 heteroatoms. The Hall–Kier alpha value is -1.86. The first-order valence-electron chi connectivity index (χ1n) is 8.10. The van der Waals surface area contributed by atoms with Crippen molar-refractivity contribution in [2.24, 2.45) is 0 Å². The number of thioether (sulfide) groups is 1. The fraction of sp³-hybridized carbons (Fsp3) is 0.353. The number of carbonyl (C=O) groups is 1. The van der Waals surface area contributed by atoms with Gasteiger partial charge in [0.15, 0.2) is 10.3 Å². The maximum atomic E-state index is 12.4. The molecule has 0 saturated heterocycles. The van der Waals surface area contributed by atoms with E-state index in [9.17, 15) is 4.79 Å². The molecule has 0 bridgehead atoms. The number of carbonyl (C=O) groups excluding carboxylic acids is 1. The summed E-state index contributed by atoms with van der Waals surface area (Å²) in [7, 11) is 0. The van der Waals surface area contributed by atoms with E-state index in [0.717, 1.165) is 34.2 Å². The number of imidazole rings is 1. The molecule has 1 atom stereocenters. The molecule has 5 nitrogen and oxygen atoms in total. The van der Waals surface area contributed by atoms with Gasteiger partial charge in [0.1, 0.15) is 0 Å². The Morgan fingerprint density at radius 2 is 2.12 bits per heavy atom. The summed E-state index contributed by atoms with van der Waals surface area (Å²) in [4.78, 5) is 26.1. The summed E-state index contributed by atoms with van der Waals surface area (Å²) in [6.45, 7) is 1.89. The number of amides is 1. The molecule has 2 heterocycles. The predicted octanol–water partition coefficient (Wildman–Crippen LogP) is 4.02. The van der Waals surface area contributed by atoms with E-state index in [1.54, 1.807) is 11.3 Å². The van der Waals surface area contributed by atoms with Crippen LogP contribution in [0.25, 0.3) is 11.0 Å². The third-order valence-electron chi connectivity index (χ3n) is 4.10. The van der Waals surface area contributed by atoms with Crippen molar-refractivity contribution >= 4 is 45.2 Å². The Bertz CT molecular complexity index is 829. The number of rotatable bonds is 4. The van der Waals surface area contributed by atoms with Crippen molar-refractivity contribution in [3.63, 3.8) is 0 Å². The molecule has 1 aliphatic carbocycles. The number of benzene rings is 1. The molecule has 2 aromatic heterocycles. The predicted molar refractivity (Wildman–Crippen MR) is 98.8 cm³/mol. The minimum atomic E-state index is -0.244. The Morgan fingerprint density at radius 1 is 1.29 bits per heavy atom. The Labute approximate surface area is 148 Å². The van der Waals surface area contributed by atoms with Crippen LogP contribution in [0.1, 0.15) is 30.3 Å². The second-order valence-electron chi connectivity index (χ2n) is 5.90. The number of hydrogen-bond donors (Lipinski definition) is 2. The number of aryl methyl sites for hydroxylation is 2. The van der Waals surface area contributed by atoms with Crippen LogP contribution >= 0.6 is 23.1 Å². The molecule has 0 radical (unpaired) electrons. The molecule has 124 valence electrons. The topological polar surface area (TPSA) is 70.7 Å². The minimum absolute atomic E-state index is 0.0356. The monoisotopic (exact) mass is 358 g/mol. The van der Waals surface area contributed by atoms with Gasteiger partial charge in [-0.1, -0.05) is 23.9 Å². The third-order valence-corrected chi connectivity index (χ3v) is 6.16. The SMILES string of the molecule is C[C@@H](Sc1nc2ccccc2[nH]1)C(=O)Nc1nc2c(s1)CCCC2. The minimum Gasteiger partial charge on any atom is -0.333 e. The number of nitrogens with zero attached hydrogens (tertiary/aromatic N) is 2. The summed E-state index contributed by atoms with van der Waals surface area (Å²) in [5, 5.41) is 4.20. The zero-order chi connectivity index (χ0) is 16.5. The van der Waals surface area contributed by atoms with E-state index in [4.69, 9.17) is 0 Å². The van der Waals surface area contributed by atoms with E-state index in [1.165, 1.54) is 35.2 Å². The lowest BCUT2D eigenvalue weighted by Crippen LogP contribution is -2.22. The standard InChI is InChI=1S/C17H18N4OS2/c1-10(23-16-18-11-6-2-3-7-12(11)19-16)15(22)21-17-20-13-8-4-5-9-14(13)24-17/h2-3,6-7,10H,4-5,8-9H2,1H3,(H,18,19)(H,20,21,22)/t10-/m1/s1. The second-order valence-corrected chi connectivity index (χ2v) is 8.32.